The SMILES string of the molecule is COc1ccc(OC[C@H]([C@H](CO[Si](C)(C)C(C)(C)C)OCc2ccccc2)N(C)C(=O)[C@H]2O[C@@H]2[C@H]2O[C@@H](n3ccc(=O)[nH]c3=O)[C@H](O[Si](C)(C)C(C)(C)C)[C@@H]2O[Si](C)(C)C(C)(C)C)cc1. The topological polar surface area (TPSA) is 152 Å². The highest BCUT2D eigenvalue weighted by Crippen LogP contribution is 2.48. The molecule has 2 aromatic carbocycles. The second kappa shape index (κ2) is 20.1. The van der Waals surface area contributed by atoms with Gasteiger partial charge in [-0.05, 0) is 84.2 Å². The van der Waals surface area contributed by atoms with E-state index in [2.05, 4.69) is 107 Å². The fraction of sp³-hybridized carbons (Fsp3) is 0.646. The quantitative estimate of drug-likeness (QED) is 0.0910. The summed E-state index contributed by atoms with van der Waals surface area (Å²) in [6.45, 7) is 33.1. The van der Waals surface area contributed by atoms with Crippen LogP contribution < -0.4 is 20.7 Å². The van der Waals surface area contributed by atoms with Crippen molar-refractivity contribution in [3.8, 4) is 11.5 Å². The minimum absolute atomic E-state index is 0.0720. The van der Waals surface area contributed by atoms with Gasteiger partial charge in [-0.1, -0.05) is 92.6 Å². The Balaban J connectivity index is 1.53. The Morgan fingerprint density at radius 3 is 1.83 bits per heavy atom. The van der Waals surface area contributed by atoms with Crippen LogP contribution in [-0.2, 0) is 38.9 Å². The molecule has 362 valence electrons. The molecule has 17 heteroatoms. The number of amides is 1. The lowest BCUT2D eigenvalue weighted by Crippen LogP contribution is -2.55. The summed E-state index contributed by atoms with van der Waals surface area (Å²) in [4.78, 5) is 44.9. The molecule has 2 fully saturated rings. The van der Waals surface area contributed by atoms with Crippen molar-refractivity contribution < 1.29 is 41.8 Å². The maximum absolute atomic E-state index is 15.0. The van der Waals surface area contributed by atoms with Crippen molar-refractivity contribution in [2.45, 2.75) is 172 Å². The van der Waals surface area contributed by atoms with E-state index in [1.807, 2.05) is 54.6 Å². The van der Waals surface area contributed by atoms with Crippen molar-refractivity contribution in [1.29, 1.82) is 0 Å². The van der Waals surface area contributed by atoms with E-state index in [4.69, 9.17) is 37.0 Å². The van der Waals surface area contributed by atoms with Crippen LogP contribution in [0, 0.1) is 0 Å². The van der Waals surface area contributed by atoms with Gasteiger partial charge in [0.05, 0.1) is 26.4 Å². The highest BCUT2D eigenvalue weighted by Gasteiger charge is 2.63. The zero-order chi connectivity index (χ0) is 48.5. The molecule has 0 bridgehead atoms. The highest BCUT2D eigenvalue weighted by atomic mass is 28.4. The van der Waals surface area contributed by atoms with Crippen LogP contribution in [0.4, 0.5) is 0 Å². The van der Waals surface area contributed by atoms with E-state index in [0.717, 1.165) is 5.56 Å². The fourth-order valence-corrected chi connectivity index (χ4v) is 10.5. The van der Waals surface area contributed by atoms with Crippen LogP contribution in [0.2, 0.25) is 54.4 Å². The number of H-pyrrole nitrogens is 1. The Morgan fingerprint density at radius 2 is 1.29 bits per heavy atom. The smallest absolute Gasteiger partial charge is 0.330 e. The van der Waals surface area contributed by atoms with Crippen molar-refractivity contribution in [2.24, 2.45) is 0 Å². The van der Waals surface area contributed by atoms with Gasteiger partial charge in [-0.15, -0.1) is 0 Å². The Hall–Kier alpha value is -3.40. The number of likely N-dealkylation sites (N-methyl/N-ethyl adjacent to an activating group) is 1. The third kappa shape index (κ3) is 12.6. The van der Waals surface area contributed by atoms with Gasteiger partial charge in [0.15, 0.2) is 37.3 Å². The average molecular weight is 956 g/mol. The van der Waals surface area contributed by atoms with Gasteiger partial charge < -0.3 is 41.9 Å². The van der Waals surface area contributed by atoms with E-state index in [-0.39, 0.29) is 34.2 Å². The van der Waals surface area contributed by atoms with Gasteiger partial charge in [0.1, 0.15) is 48.6 Å². The largest absolute Gasteiger partial charge is 0.497 e. The zero-order valence-corrected chi connectivity index (χ0v) is 45.0. The van der Waals surface area contributed by atoms with Gasteiger partial charge in [-0.2, -0.15) is 0 Å². The van der Waals surface area contributed by atoms with Gasteiger partial charge in [0.2, 0.25) is 0 Å². The fourth-order valence-electron chi connectivity index (χ4n) is 6.89. The first-order chi connectivity index (χ1) is 30.0. The van der Waals surface area contributed by atoms with E-state index < -0.39 is 85.1 Å². The Morgan fingerprint density at radius 1 is 0.738 bits per heavy atom. The molecule has 1 aromatic heterocycles. The van der Waals surface area contributed by atoms with E-state index in [0.29, 0.717) is 18.1 Å². The van der Waals surface area contributed by atoms with Gasteiger partial charge in [0.25, 0.3) is 11.5 Å². The molecular formula is C48H77N3O11Si3. The average Bonchev–Trinajstić information content (AvgIpc) is 3.94. The molecule has 8 atom stereocenters. The summed E-state index contributed by atoms with van der Waals surface area (Å²) in [6, 6.07) is 17.9. The molecule has 2 aliphatic rings. The predicted molar refractivity (Wildman–Crippen MR) is 261 cm³/mol. The molecule has 0 aliphatic carbocycles. The molecule has 3 heterocycles. The van der Waals surface area contributed by atoms with E-state index in [1.165, 1.54) is 16.8 Å². The molecule has 2 saturated heterocycles. The number of hydrogen-bond donors (Lipinski definition) is 1. The molecule has 0 spiro atoms. The van der Waals surface area contributed by atoms with Crippen LogP contribution in [0.3, 0.4) is 0 Å². The summed E-state index contributed by atoms with van der Waals surface area (Å²) in [5, 5.41) is -0.484. The van der Waals surface area contributed by atoms with E-state index in [9.17, 15) is 9.59 Å². The minimum Gasteiger partial charge on any atom is -0.497 e. The van der Waals surface area contributed by atoms with Crippen molar-refractivity contribution in [3.63, 3.8) is 0 Å². The van der Waals surface area contributed by atoms with E-state index >= 15 is 4.79 Å². The Bertz CT molecular complexity index is 2160. The van der Waals surface area contributed by atoms with Crippen molar-refractivity contribution in [1.82, 2.24) is 14.5 Å². The first kappa shape index (κ1) is 52.6. The number of hydrogen-bond acceptors (Lipinski definition) is 11. The monoisotopic (exact) mass is 955 g/mol. The molecule has 3 aromatic rings. The first-order valence-corrected chi connectivity index (χ1v) is 31.5. The number of epoxide rings is 1. The first-order valence-electron chi connectivity index (χ1n) is 22.8. The molecular weight excluding hydrogens is 879 g/mol. The zero-order valence-electron chi connectivity index (χ0n) is 42.0. The number of nitrogens with one attached hydrogen (secondary N) is 1. The molecule has 0 saturated carbocycles. The van der Waals surface area contributed by atoms with Crippen LogP contribution in [0.5, 0.6) is 11.5 Å². The number of aromatic nitrogens is 2. The number of nitrogens with zero attached hydrogens (tertiary/aromatic N) is 2. The third-order valence-corrected chi connectivity index (χ3v) is 27.8. The molecule has 2 aliphatic heterocycles. The molecule has 0 unspecified atom stereocenters. The lowest BCUT2D eigenvalue weighted by molar-refractivity contribution is -0.139. The van der Waals surface area contributed by atoms with Gasteiger partial charge in [-0.25, -0.2) is 4.79 Å². The molecule has 1 N–H and O–H groups in total. The molecule has 14 nitrogen and oxygen atoms in total. The van der Waals surface area contributed by atoms with Crippen LogP contribution in [0.25, 0.3) is 0 Å². The summed E-state index contributed by atoms with van der Waals surface area (Å²) in [7, 11) is -4.05. The van der Waals surface area contributed by atoms with Crippen molar-refractivity contribution in [2.75, 3.05) is 27.4 Å². The predicted octanol–water partition coefficient (Wildman–Crippen LogP) is 8.50. The number of rotatable bonds is 19. The molecule has 65 heavy (non-hydrogen) atoms. The number of aromatic amines is 1. The number of carbonyl (C=O) groups excluding carboxylic acids is 1. The maximum Gasteiger partial charge on any atom is 0.330 e. The summed E-state index contributed by atoms with van der Waals surface area (Å²) in [6.07, 6.45) is -4.14. The maximum atomic E-state index is 15.0. The number of methoxy groups -OCH3 is 1. The van der Waals surface area contributed by atoms with Crippen LogP contribution in [0.1, 0.15) is 74.1 Å². The summed E-state index contributed by atoms with van der Waals surface area (Å²) in [5.41, 5.74) is -0.179. The minimum atomic E-state index is -2.57. The second-order valence-electron chi connectivity index (χ2n) is 22.1. The standard InChI is InChI=1S/C48H77N3O11Si3/c1-46(2,3)63(12,13)58-31-36(57-29-32-21-19-18-20-22-32)35(30-56-34-25-23-33(55-11)24-26-34)50(10)43(53)41-39(59-41)38-40(61-64(14,15)47(4,5)6)42(62-65(16,17)48(7,8)9)44(60-38)51-28-27-37(52)49-45(51)54/h18-28,35-36,38-42,44H,29-31H2,1-17H3,(H,49,52,54)/t35-,36+,38-,39-,40-,41+,42-,44-/m1/s1. The summed E-state index contributed by atoms with van der Waals surface area (Å²) in [5.74, 6) is 1.00. The van der Waals surface area contributed by atoms with Gasteiger partial charge in [-0.3, -0.25) is 19.1 Å². The lowest BCUT2D eigenvalue weighted by atomic mass is 10.0. The second-order valence-corrected chi connectivity index (χ2v) is 36.4. The normalized spacial score (nSPS) is 22.9. The van der Waals surface area contributed by atoms with Crippen LogP contribution in [-0.4, -0.2) is 115 Å². The molecule has 1 amide bonds. The lowest BCUT2D eigenvalue weighted by Gasteiger charge is -2.44. The number of ether oxygens (including phenoxy) is 5. The van der Waals surface area contributed by atoms with Crippen LogP contribution in [0.15, 0.2) is 76.4 Å². The third-order valence-electron chi connectivity index (χ3n) is 14.4. The Kier molecular flexibility index (Phi) is 16.2. The summed E-state index contributed by atoms with van der Waals surface area (Å²) < 4.78 is 54.5. The highest BCUT2D eigenvalue weighted by molar-refractivity contribution is 6.75. The van der Waals surface area contributed by atoms with Gasteiger partial charge in [0, 0.05) is 19.3 Å². The molecule has 0 radical (unpaired) electrons. The van der Waals surface area contributed by atoms with Crippen LogP contribution >= 0.6 is 0 Å². The van der Waals surface area contributed by atoms with Crippen molar-refractivity contribution >= 4 is 30.9 Å². The number of benzene rings is 2. The summed E-state index contributed by atoms with van der Waals surface area (Å²) >= 11 is 0. The number of carbonyl (C=O) groups is 1. The van der Waals surface area contributed by atoms with Crippen molar-refractivity contribution in [3.05, 3.63) is 93.3 Å². The van der Waals surface area contributed by atoms with Gasteiger partial charge >= 0.3 is 5.69 Å². The Labute approximate surface area is 390 Å². The van der Waals surface area contributed by atoms with E-state index in [1.54, 1.807) is 19.1 Å². The molecule has 5 rings (SSSR count).